The van der Waals surface area contributed by atoms with Crippen LogP contribution < -0.4 is 16.4 Å². The number of rotatable bonds is 6. The van der Waals surface area contributed by atoms with Crippen LogP contribution in [0.1, 0.15) is 20.3 Å². The Bertz CT molecular complexity index is 441. The highest BCUT2D eigenvalue weighted by Crippen LogP contribution is 2.08. The lowest BCUT2D eigenvalue weighted by Crippen LogP contribution is -2.36. The number of likely N-dealkylation sites (N-methyl/N-ethyl adjacent to an activating group) is 1. The number of nitrogens with zero attached hydrogens (tertiary/aromatic N) is 2. The van der Waals surface area contributed by atoms with E-state index in [0.717, 1.165) is 0 Å². The van der Waals surface area contributed by atoms with E-state index >= 15 is 0 Å². The second-order valence-electron chi connectivity index (χ2n) is 4.83. The number of anilines is 1. The Morgan fingerprint density at radius 3 is 2.74 bits per heavy atom. The molecule has 0 aliphatic heterocycles. The minimum atomic E-state index is -0.540. The van der Waals surface area contributed by atoms with Crippen LogP contribution in [0.2, 0.25) is 0 Å². The minimum absolute atomic E-state index is 0.115. The molecule has 0 radical (unpaired) electrons. The number of aromatic nitrogens is 2. The SMILES string of the molecule is CNC(=O)Cn1cc(NC(=O)C(N)CC(C)C)cn1. The van der Waals surface area contributed by atoms with Crippen LogP contribution in [0.4, 0.5) is 5.69 Å². The van der Waals surface area contributed by atoms with Gasteiger partial charge in [0.15, 0.2) is 0 Å². The zero-order chi connectivity index (χ0) is 14.4. The van der Waals surface area contributed by atoms with E-state index in [9.17, 15) is 9.59 Å². The fourth-order valence-corrected chi connectivity index (χ4v) is 1.59. The molecule has 0 saturated heterocycles. The molecule has 0 aliphatic carbocycles. The van der Waals surface area contributed by atoms with Crippen molar-refractivity contribution in [3.63, 3.8) is 0 Å². The van der Waals surface area contributed by atoms with Gasteiger partial charge in [0.25, 0.3) is 0 Å². The Hall–Kier alpha value is -1.89. The fraction of sp³-hybridized carbons (Fsp3) is 0.583. The number of nitrogens with two attached hydrogens (primary N) is 1. The quantitative estimate of drug-likeness (QED) is 0.672. The lowest BCUT2D eigenvalue weighted by molar-refractivity contribution is -0.121. The van der Waals surface area contributed by atoms with Crippen LogP contribution >= 0.6 is 0 Å². The fourth-order valence-electron chi connectivity index (χ4n) is 1.59. The molecule has 1 aromatic rings. The highest BCUT2D eigenvalue weighted by atomic mass is 16.2. The van der Waals surface area contributed by atoms with Crippen molar-refractivity contribution in [2.75, 3.05) is 12.4 Å². The molecule has 2 amide bonds. The Morgan fingerprint density at radius 1 is 1.47 bits per heavy atom. The van der Waals surface area contributed by atoms with Crippen molar-refractivity contribution in [2.24, 2.45) is 11.7 Å². The van der Waals surface area contributed by atoms with Crippen molar-refractivity contribution in [1.82, 2.24) is 15.1 Å². The first kappa shape index (κ1) is 15.2. The maximum Gasteiger partial charge on any atom is 0.241 e. The molecule has 19 heavy (non-hydrogen) atoms. The summed E-state index contributed by atoms with van der Waals surface area (Å²) in [6.07, 6.45) is 3.70. The van der Waals surface area contributed by atoms with E-state index < -0.39 is 6.04 Å². The third kappa shape index (κ3) is 5.09. The van der Waals surface area contributed by atoms with Gasteiger partial charge in [-0.2, -0.15) is 5.10 Å². The summed E-state index contributed by atoms with van der Waals surface area (Å²) in [6.45, 7) is 4.13. The molecule has 0 spiro atoms. The number of amides is 2. The lowest BCUT2D eigenvalue weighted by atomic mass is 10.0. The van der Waals surface area contributed by atoms with Crippen LogP contribution in [0, 0.1) is 5.92 Å². The summed E-state index contributed by atoms with van der Waals surface area (Å²) >= 11 is 0. The van der Waals surface area contributed by atoms with E-state index in [0.29, 0.717) is 18.0 Å². The molecular formula is C12H21N5O2. The van der Waals surface area contributed by atoms with Crippen molar-refractivity contribution in [2.45, 2.75) is 32.9 Å². The molecule has 1 unspecified atom stereocenters. The Balaban J connectivity index is 2.53. The standard InChI is InChI=1S/C12H21N5O2/c1-8(2)4-10(13)12(19)16-9-5-15-17(6-9)7-11(18)14-3/h5-6,8,10H,4,7,13H2,1-3H3,(H,14,18)(H,16,19). The average Bonchev–Trinajstić information content (AvgIpc) is 2.75. The Labute approximate surface area is 112 Å². The van der Waals surface area contributed by atoms with Gasteiger partial charge in [0, 0.05) is 13.2 Å². The van der Waals surface area contributed by atoms with Gasteiger partial charge in [-0.25, -0.2) is 0 Å². The molecule has 4 N–H and O–H groups in total. The van der Waals surface area contributed by atoms with Gasteiger partial charge in [0.2, 0.25) is 11.8 Å². The molecule has 106 valence electrons. The molecule has 7 heteroatoms. The summed E-state index contributed by atoms with van der Waals surface area (Å²) in [5.41, 5.74) is 6.31. The van der Waals surface area contributed by atoms with Crippen LogP contribution in [-0.4, -0.2) is 34.7 Å². The van der Waals surface area contributed by atoms with Gasteiger partial charge in [-0.3, -0.25) is 14.3 Å². The van der Waals surface area contributed by atoms with Crippen molar-refractivity contribution in [1.29, 1.82) is 0 Å². The number of carbonyl (C=O) groups is 2. The summed E-state index contributed by atoms with van der Waals surface area (Å²) in [7, 11) is 1.56. The van der Waals surface area contributed by atoms with Gasteiger partial charge in [-0.05, 0) is 12.3 Å². The normalized spacial score (nSPS) is 12.3. The van der Waals surface area contributed by atoms with E-state index in [1.165, 1.54) is 10.9 Å². The molecule has 0 saturated carbocycles. The van der Waals surface area contributed by atoms with Crippen molar-refractivity contribution < 1.29 is 9.59 Å². The first-order valence-electron chi connectivity index (χ1n) is 6.21. The number of hydrogen-bond donors (Lipinski definition) is 3. The van der Waals surface area contributed by atoms with Crippen LogP contribution in [0.3, 0.4) is 0 Å². The molecule has 0 bridgehead atoms. The van der Waals surface area contributed by atoms with Gasteiger partial charge in [0.1, 0.15) is 6.54 Å². The van der Waals surface area contributed by atoms with Crippen LogP contribution in [0.5, 0.6) is 0 Å². The second-order valence-corrected chi connectivity index (χ2v) is 4.83. The van der Waals surface area contributed by atoms with Crippen molar-refractivity contribution in [3.05, 3.63) is 12.4 Å². The van der Waals surface area contributed by atoms with Crippen LogP contribution in [0.25, 0.3) is 0 Å². The van der Waals surface area contributed by atoms with Gasteiger partial charge in [-0.15, -0.1) is 0 Å². The van der Waals surface area contributed by atoms with Crippen molar-refractivity contribution in [3.8, 4) is 0 Å². The Morgan fingerprint density at radius 2 is 2.16 bits per heavy atom. The number of carbonyl (C=O) groups excluding carboxylic acids is 2. The average molecular weight is 267 g/mol. The van der Waals surface area contributed by atoms with Gasteiger partial charge < -0.3 is 16.4 Å². The molecule has 1 heterocycles. The summed E-state index contributed by atoms with van der Waals surface area (Å²) in [5, 5.41) is 9.15. The van der Waals surface area contributed by atoms with Gasteiger partial charge >= 0.3 is 0 Å². The molecule has 1 atom stereocenters. The molecule has 7 nitrogen and oxygen atoms in total. The predicted molar refractivity (Wildman–Crippen MR) is 72.4 cm³/mol. The minimum Gasteiger partial charge on any atom is -0.358 e. The molecule has 1 aromatic heterocycles. The zero-order valence-corrected chi connectivity index (χ0v) is 11.5. The maximum absolute atomic E-state index is 11.8. The topological polar surface area (TPSA) is 102 Å². The highest BCUT2D eigenvalue weighted by Gasteiger charge is 2.15. The molecule has 0 aromatic carbocycles. The zero-order valence-electron chi connectivity index (χ0n) is 11.5. The smallest absolute Gasteiger partial charge is 0.241 e. The van der Waals surface area contributed by atoms with Crippen LogP contribution in [-0.2, 0) is 16.1 Å². The maximum atomic E-state index is 11.8. The third-order valence-corrected chi connectivity index (χ3v) is 2.55. The van der Waals surface area contributed by atoms with E-state index in [2.05, 4.69) is 15.7 Å². The highest BCUT2D eigenvalue weighted by molar-refractivity contribution is 5.94. The Kier molecular flexibility index (Phi) is 5.50. The largest absolute Gasteiger partial charge is 0.358 e. The summed E-state index contributed by atoms with van der Waals surface area (Å²) in [6, 6.07) is -0.540. The van der Waals surface area contributed by atoms with E-state index in [-0.39, 0.29) is 18.4 Å². The first-order valence-corrected chi connectivity index (χ1v) is 6.21. The predicted octanol–water partition coefficient (Wildman–Crippen LogP) is -0.0590. The molecule has 1 rings (SSSR count). The van der Waals surface area contributed by atoms with Crippen LogP contribution in [0.15, 0.2) is 12.4 Å². The monoisotopic (exact) mass is 267 g/mol. The van der Waals surface area contributed by atoms with Crippen molar-refractivity contribution >= 4 is 17.5 Å². The third-order valence-electron chi connectivity index (χ3n) is 2.55. The van der Waals surface area contributed by atoms with E-state index in [1.807, 2.05) is 13.8 Å². The number of nitrogens with one attached hydrogen (secondary N) is 2. The number of hydrogen-bond acceptors (Lipinski definition) is 4. The lowest BCUT2D eigenvalue weighted by Gasteiger charge is -2.12. The summed E-state index contributed by atoms with van der Waals surface area (Å²) in [5.74, 6) is -0.0394. The first-order chi connectivity index (χ1) is 8.92. The van der Waals surface area contributed by atoms with Gasteiger partial charge in [0.05, 0.1) is 17.9 Å². The molecular weight excluding hydrogens is 246 g/mol. The summed E-state index contributed by atoms with van der Waals surface area (Å²) < 4.78 is 1.45. The summed E-state index contributed by atoms with van der Waals surface area (Å²) in [4.78, 5) is 22.9. The van der Waals surface area contributed by atoms with E-state index in [4.69, 9.17) is 5.73 Å². The second kappa shape index (κ2) is 6.89. The van der Waals surface area contributed by atoms with Gasteiger partial charge in [-0.1, -0.05) is 13.8 Å². The van der Waals surface area contributed by atoms with E-state index in [1.54, 1.807) is 13.2 Å². The molecule has 0 aliphatic rings. The molecule has 0 fully saturated rings.